The van der Waals surface area contributed by atoms with E-state index in [9.17, 15) is 14.9 Å². The molecule has 0 N–H and O–H groups in total. The first-order chi connectivity index (χ1) is 15.0. The molecule has 32 heavy (non-hydrogen) atoms. The van der Waals surface area contributed by atoms with Crippen molar-refractivity contribution >= 4 is 50.7 Å². The third kappa shape index (κ3) is 5.73. The van der Waals surface area contributed by atoms with Crippen LogP contribution in [0.2, 0.25) is 0 Å². The standard InChI is InChI=1S/C22H26N4O4S.ClH/c1-4-24(5-2)13-14-25(21(27)17-9-7-8-10-19(17)26(28)29)22-23-18-12-11-16(30-6-3)15-20(18)31-22;/h7-12,15H,4-6,13-14H2,1-3H3;1H. The van der Waals surface area contributed by atoms with Crippen LogP contribution in [0, 0.1) is 10.1 Å². The zero-order valence-corrected chi connectivity index (χ0v) is 19.9. The normalized spacial score (nSPS) is 10.8. The summed E-state index contributed by atoms with van der Waals surface area (Å²) in [6, 6.07) is 11.6. The second-order valence-electron chi connectivity index (χ2n) is 6.82. The summed E-state index contributed by atoms with van der Waals surface area (Å²) >= 11 is 1.38. The van der Waals surface area contributed by atoms with Gasteiger partial charge in [-0.1, -0.05) is 37.3 Å². The van der Waals surface area contributed by atoms with Gasteiger partial charge >= 0.3 is 0 Å². The van der Waals surface area contributed by atoms with Crippen LogP contribution in [0.15, 0.2) is 42.5 Å². The number of nitro groups is 1. The van der Waals surface area contributed by atoms with Gasteiger partial charge in [-0.25, -0.2) is 4.98 Å². The molecule has 0 spiro atoms. The number of ether oxygens (including phenoxy) is 1. The number of likely N-dealkylation sites (N-methyl/N-ethyl adjacent to an activating group) is 1. The third-order valence-corrected chi connectivity index (χ3v) is 6.04. The number of fused-ring (bicyclic) bond motifs is 1. The Morgan fingerprint density at radius 1 is 1.12 bits per heavy atom. The predicted molar refractivity (Wildman–Crippen MR) is 131 cm³/mol. The van der Waals surface area contributed by atoms with E-state index in [0.29, 0.717) is 24.8 Å². The fraction of sp³-hybridized carbons (Fsp3) is 0.364. The quantitative estimate of drug-likeness (QED) is 0.300. The van der Waals surface area contributed by atoms with Gasteiger partial charge in [-0.15, -0.1) is 12.4 Å². The van der Waals surface area contributed by atoms with E-state index in [0.717, 1.165) is 29.1 Å². The highest BCUT2D eigenvalue weighted by molar-refractivity contribution is 7.22. The molecule has 1 amide bonds. The Morgan fingerprint density at radius 3 is 2.50 bits per heavy atom. The van der Waals surface area contributed by atoms with Crippen LogP contribution in [0.5, 0.6) is 5.75 Å². The van der Waals surface area contributed by atoms with Gasteiger partial charge in [0, 0.05) is 19.2 Å². The lowest BCUT2D eigenvalue weighted by Gasteiger charge is -2.24. The molecule has 8 nitrogen and oxygen atoms in total. The fourth-order valence-electron chi connectivity index (χ4n) is 3.29. The van der Waals surface area contributed by atoms with E-state index in [2.05, 4.69) is 23.7 Å². The number of benzene rings is 2. The molecule has 0 saturated carbocycles. The molecule has 1 heterocycles. The van der Waals surface area contributed by atoms with Crippen molar-refractivity contribution in [2.24, 2.45) is 0 Å². The number of carbonyl (C=O) groups is 1. The Labute approximate surface area is 197 Å². The van der Waals surface area contributed by atoms with Crippen LogP contribution in [0.4, 0.5) is 10.8 Å². The Morgan fingerprint density at radius 2 is 1.84 bits per heavy atom. The van der Waals surface area contributed by atoms with E-state index in [1.807, 2.05) is 25.1 Å². The molecule has 0 saturated heterocycles. The van der Waals surface area contributed by atoms with Crippen LogP contribution in [0.25, 0.3) is 10.2 Å². The van der Waals surface area contributed by atoms with Crippen LogP contribution in [0.3, 0.4) is 0 Å². The second kappa shape index (κ2) is 11.8. The zero-order chi connectivity index (χ0) is 22.4. The monoisotopic (exact) mass is 478 g/mol. The number of anilines is 1. The first kappa shape index (κ1) is 25.5. The molecule has 0 bridgehead atoms. The molecule has 0 radical (unpaired) electrons. The number of amides is 1. The molecule has 3 aromatic rings. The number of carbonyl (C=O) groups excluding carboxylic acids is 1. The van der Waals surface area contributed by atoms with Gasteiger partial charge in [-0.2, -0.15) is 0 Å². The van der Waals surface area contributed by atoms with Gasteiger partial charge in [0.25, 0.3) is 11.6 Å². The van der Waals surface area contributed by atoms with Crippen molar-refractivity contribution in [1.82, 2.24) is 9.88 Å². The van der Waals surface area contributed by atoms with Gasteiger partial charge in [-0.05, 0) is 44.3 Å². The van der Waals surface area contributed by atoms with Crippen LogP contribution < -0.4 is 9.64 Å². The fourth-order valence-corrected chi connectivity index (χ4v) is 4.31. The summed E-state index contributed by atoms with van der Waals surface area (Å²) in [5.41, 5.74) is 0.605. The molecule has 0 aliphatic rings. The SMILES string of the molecule is CCOc1ccc2nc(N(CCN(CC)CC)C(=O)c3ccccc3[N+](=O)[O-])sc2c1.Cl. The number of nitro benzene ring substituents is 1. The molecule has 10 heteroatoms. The molecule has 0 unspecified atom stereocenters. The maximum absolute atomic E-state index is 13.5. The summed E-state index contributed by atoms with van der Waals surface area (Å²) < 4.78 is 6.46. The summed E-state index contributed by atoms with van der Waals surface area (Å²) in [7, 11) is 0. The van der Waals surface area contributed by atoms with Crippen molar-refractivity contribution in [2.45, 2.75) is 20.8 Å². The Bertz CT molecular complexity index is 1070. The van der Waals surface area contributed by atoms with E-state index in [-0.39, 0.29) is 23.7 Å². The minimum atomic E-state index is -0.525. The molecule has 3 rings (SSSR count). The first-order valence-corrected chi connectivity index (χ1v) is 11.1. The average molecular weight is 479 g/mol. The lowest BCUT2D eigenvalue weighted by Crippen LogP contribution is -2.39. The second-order valence-corrected chi connectivity index (χ2v) is 7.83. The third-order valence-electron chi connectivity index (χ3n) is 5.00. The van der Waals surface area contributed by atoms with Crippen molar-refractivity contribution in [2.75, 3.05) is 37.7 Å². The van der Waals surface area contributed by atoms with Crippen LogP contribution in [-0.4, -0.2) is 53.5 Å². The van der Waals surface area contributed by atoms with Gasteiger partial charge in [-0.3, -0.25) is 19.8 Å². The van der Waals surface area contributed by atoms with Gasteiger partial charge in [0.15, 0.2) is 5.13 Å². The lowest BCUT2D eigenvalue weighted by atomic mass is 10.1. The molecule has 0 fully saturated rings. The number of aromatic nitrogens is 1. The number of nitrogens with zero attached hydrogens (tertiary/aromatic N) is 4. The van der Waals surface area contributed by atoms with Crippen molar-refractivity contribution < 1.29 is 14.5 Å². The van der Waals surface area contributed by atoms with Gasteiger partial charge in [0.2, 0.25) is 0 Å². The minimum Gasteiger partial charge on any atom is -0.494 e. The largest absolute Gasteiger partial charge is 0.494 e. The lowest BCUT2D eigenvalue weighted by molar-refractivity contribution is -0.385. The summed E-state index contributed by atoms with van der Waals surface area (Å²) in [5.74, 6) is 0.313. The number of para-hydroxylation sites is 1. The van der Waals surface area contributed by atoms with Crippen LogP contribution in [0.1, 0.15) is 31.1 Å². The molecular weight excluding hydrogens is 452 g/mol. The number of halogens is 1. The Hall–Kier alpha value is -2.75. The molecule has 1 aromatic heterocycles. The zero-order valence-electron chi connectivity index (χ0n) is 18.3. The Balaban J connectivity index is 0.00000363. The smallest absolute Gasteiger partial charge is 0.282 e. The topological polar surface area (TPSA) is 88.8 Å². The first-order valence-electron chi connectivity index (χ1n) is 10.3. The molecule has 0 atom stereocenters. The summed E-state index contributed by atoms with van der Waals surface area (Å²) in [6.07, 6.45) is 0. The highest BCUT2D eigenvalue weighted by atomic mass is 35.5. The van der Waals surface area contributed by atoms with Crippen molar-refractivity contribution in [3.63, 3.8) is 0 Å². The van der Waals surface area contributed by atoms with Gasteiger partial charge < -0.3 is 9.64 Å². The molecule has 0 aliphatic carbocycles. The van der Waals surface area contributed by atoms with Gasteiger partial charge in [0.05, 0.1) is 21.7 Å². The highest BCUT2D eigenvalue weighted by Crippen LogP contribution is 2.33. The van der Waals surface area contributed by atoms with Crippen molar-refractivity contribution in [3.05, 3.63) is 58.1 Å². The van der Waals surface area contributed by atoms with E-state index in [1.54, 1.807) is 17.0 Å². The van der Waals surface area contributed by atoms with Crippen LogP contribution >= 0.6 is 23.7 Å². The number of hydrogen-bond acceptors (Lipinski definition) is 7. The van der Waals surface area contributed by atoms with Crippen LogP contribution in [-0.2, 0) is 0 Å². The average Bonchev–Trinajstić information content (AvgIpc) is 3.19. The number of rotatable bonds is 10. The molecule has 172 valence electrons. The Kier molecular flexibility index (Phi) is 9.37. The number of thiazole rings is 1. The van der Waals surface area contributed by atoms with E-state index in [4.69, 9.17) is 4.74 Å². The van der Waals surface area contributed by atoms with Crippen molar-refractivity contribution in [3.8, 4) is 5.75 Å². The van der Waals surface area contributed by atoms with E-state index < -0.39 is 10.8 Å². The maximum Gasteiger partial charge on any atom is 0.282 e. The van der Waals surface area contributed by atoms with E-state index in [1.165, 1.54) is 23.5 Å². The number of hydrogen-bond donors (Lipinski definition) is 0. The summed E-state index contributed by atoms with van der Waals surface area (Å²) in [6.45, 7) is 9.31. The van der Waals surface area contributed by atoms with Crippen molar-refractivity contribution in [1.29, 1.82) is 0 Å². The molecular formula is C22H27ClN4O4S. The predicted octanol–water partition coefficient (Wildman–Crippen LogP) is 5.01. The summed E-state index contributed by atoms with van der Waals surface area (Å²) in [5, 5.41) is 12.0. The van der Waals surface area contributed by atoms with Gasteiger partial charge in [0.1, 0.15) is 11.3 Å². The minimum absolute atomic E-state index is 0. The molecule has 2 aromatic carbocycles. The molecule has 0 aliphatic heterocycles. The highest BCUT2D eigenvalue weighted by Gasteiger charge is 2.27. The maximum atomic E-state index is 13.5. The summed E-state index contributed by atoms with van der Waals surface area (Å²) in [4.78, 5) is 32.8. The van der Waals surface area contributed by atoms with E-state index >= 15 is 0 Å².